The summed E-state index contributed by atoms with van der Waals surface area (Å²) in [5.41, 5.74) is 2.87. The molecule has 0 saturated carbocycles. The van der Waals surface area contributed by atoms with Crippen molar-refractivity contribution in [1.82, 2.24) is 29.5 Å². The summed E-state index contributed by atoms with van der Waals surface area (Å²) >= 11 is 0. The van der Waals surface area contributed by atoms with E-state index in [1.807, 2.05) is 49.0 Å². The molecule has 0 aliphatic carbocycles. The first-order valence-corrected chi connectivity index (χ1v) is 10.4. The highest BCUT2D eigenvalue weighted by Gasteiger charge is 2.16. The minimum Gasteiger partial charge on any atom is -0.488 e. The number of aryl methyl sites for hydroxylation is 1. The maximum Gasteiger partial charge on any atom is 0.203 e. The first-order valence-electron chi connectivity index (χ1n) is 10.4. The molecule has 4 rings (SSSR count). The molecular formula is C23H24N6O3. The zero-order valence-corrected chi connectivity index (χ0v) is 17.9. The summed E-state index contributed by atoms with van der Waals surface area (Å²) in [7, 11) is 0. The van der Waals surface area contributed by atoms with Gasteiger partial charge in [-0.3, -0.25) is 9.48 Å². The number of rotatable bonds is 8. The number of aromatic nitrogens is 6. The molecule has 0 aliphatic rings. The van der Waals surface area contributed by atoms with Crippen molar-refractivity contribution in [3.05, 3.63) is 82.8 Å². The van der Waals surface area contributed by atoms with Gasteiger partial charge in [0.05, 0.1) is 31.4 Å². The second-order valence-electron chi connectivity index (χ2n) is 7.23. The summed E-state index contributed by atoms with van der Waals surface area (Å²) in [4.78, 5) is 21.3. The number of aliphatic hydroxyl groups excluding tert-OH is 1. The molecule has 9 heteroatoms. The lowest BCUT2D eigenvalue weighted by molar-refractivity contribution is 0.200. The number of ether oxygens (including phenoxy) is 1. The van der Waals surface area contributed by atoms with Gasteiger partial charge in [-0.15, -0.1) is 0 Å². The second kappa shape index (κ2) is 9.52. The van der Waals surface area contributed by atoms with Gasteiger partial charge in [0.2, 0.25) is 5.43 Å². The molecule has 1 unspecified atom stereocenters. The van der Waals surface area contributed by atoms with Gasteiger partial charge in [-0.05, 0) is 18.6 Å². The van der Waals surface area contributed by atoms with Crippen molar-refractivity contribution < 1.29 is 9.84 Å². The van der Waals surface area contributed by atoms with Crippen LogP contribution in [0.15, 0.2) is 66.1 Å². The molecule has 1 atom stereocenters. The molecule has 0 spiro atoms. The quantitative estimate of drug-likeness (QED) is 0.455. The first-order chi connectivity index (χ1) is 15.6. The molecule has 0 radical (unpaired) electrons. The largest absolute Gasteiger partial charge is 0.488 e. The van der Waals surface area contributed by atoms with Crippen LogP contribution < -0.4 is 10.2 Å². The monoisotopic (exact) mass is 432 g/mol. The van der Waals surface area contributed by atoms with Crippen molar-refractivity contribution in [3.8, 4) is 22.8 Å². The van der Waals surface area contributed by atoms with E-state index in [1.165, 1.54) is 6.07 Å². The van der Waals surface area contributed by atoms with Crippen LogP contribution in [0.4, 0.5) is 0 Å². The van der Waals surface area contributed by atoms with Gasteiger partial charge in [-0.1, -0.05) is 25.1 Å². The maximum absolute atomic E-state index is 12.6. The van der Waals surface area contributed by atoms with E-state index in [0.29, 0.717) is 17.3 Å². The highest BCUT2D eigenvalue weighted by molar-refractivity contribution is 5.57. The molecule has 164 valence electrons. The molecule has 3 aromatic heterocycles. The van der Waals surface area contributed by atoms with E-state index in [4.69, 9.17) is 9.84 Å². The van der Waals surface area contributed by atoms with Gasteiger partial charge in [0, 0.05) is 30.3 Å². The lowest BCUT2D eigenvalue weighted by atomic mass is 9.95. The minimum atomic E-state index is -0.233. The molecular weight excluding hydrogens is 408 g/mol. The van der Waals surface area contributed by atoms with E-state index >= 15 is 0 Å². The molecule has 0 bridgehead atoms. The van der Waals surface area contributed by atoms with Crippen LogP contribution >= 0.6 is 0 Å². The van der Waals surface area contributed by atoms with E-state index in [-0.39, 0.29) is 24.6 Å². The van der Waals surface area contributed by atoms with Crippen molar-refractivity contribution in [1.29, 1.82) is 0 Å². The standard InChI is InChI=1S/C23H24N6O3/c1-3-28-15-19(12-26-28)29-8-7-21(31)22(27-29)16(2)17-5-4-6-18(11-17)23-24-13-20(14-25-23)32-10-9-30/h4-8,11-16,30H,3,9-10H2,1-2H3. The fraction of sp³-hybridized carbons (Fsp3) is 0.261. The smallest absolute Gasteiger partial charge is 0.203 e. The topological polar surface area (TPSA) is 108 Å². The van der Waals surface area contributed by atoms with Crippen molar-refractivity contribution in [3.63, 3.8) is 0 Å². The van der Waals surface area contributed by atoms with Crippen LogP contribution in [0.3, 0.4) is 0 Å². The number of nitrogens with zero attached hydrogens (tertiary/aromatic N) is 6. The fourth-order valence-corrected chi connectivity index (χ4v) is 3.32. The van der Waals surface area contributed by atoms with Crippen LogP contribution in [0.1, 0.15) is 31.0 Å². The predicted octanol–water partition coefficient (Wildman–Crippen LogP) is 2.43. The Hall–Kier alpha value is -3.85. The lowest BCUT2D eigenvalue weighted by Gasteiger charge is -2.13. The van der Waals surface area contributed by atoms with E-state index in [0.717, 1.165) is 23.4 Å². The Morgan fingerprint density at radius 1 is 1.16 bits per heavy atom. The van der Waals surface area contributed by atoms with Gasteiger partial charge in [-0.25, -0.2) is 14.6 Å². The Balaban J connectivity index is 1.62. The third-order valence-corrected chi connectivity index (χ3v) is 5.09. The Labute approximate surface area is 185 Å². The summed E-state index contributed by atoms with van der Waals surface area (Å²) in [6, 6.07) is 9.27. The minimum absolute atomic E-state index is 0.0716. The molecule has 0 fully saturated rings. The van der Waals surface area contributed by atoms with Crippen LogP contribution in [0.25, 0.3) is 17.1 Å². The summed E-state index contributed by atoms with van der Waals surface area (Å²) in [5.74, 6) is 0.803. The van der Waals surface area contributed by atoms with Crippen LogP contribution in [-0.2, 0) is 6.54 Å². The molecule has 1 aromatic carbocycles. The molecule has 32 heavy (non-hydrogen) atoms. The van der Waals surface area contributed by atoms with E-state index in [1.54, 1.807) is 29.5 Å². The number of benzene rings is 1. The zero-order valence-electron chi connectivity index (χ0n) is 17.9. The van der Waals surface area contributed by atoms with Gasteiger partial charge in [0.1, 0.15) is 18.0 Å². The van der Waals surface area contributed by atoms with Gasteiger partial charge >= 0.3 is 0 Å². The molecule has 1 N–H and O–H groups in total. The Morgan fingerprint density at radius 2 is 1.97 bits per heavy atom. The van der Waals surface area contributed by atoms with Crippen LogP contribution in [0.5, 0.6) is 5.75 Å². The van der Waals surface area contributed by atoms with Crippen molar-refractivity contribution in [2.45, 2.75) is 26.3 Å². The van der Waals surface area contributed by atoms with E-state index in [9.17, 15) is 4.79 Å². The molecule has 4 aromatic rings. The summed E-state index contributed by atoms with van der Waals surface area (Å²) in [6.45, 7) is 4.84. The number of hydrogen-bond donors (Lipinski definition) is 1. The van der Waals surface area contributed by atoms with Gasteiger partial charge < -0.3 is 9.84 Å². The van der Waals surface area contributed by atoms with E-state index in [2.05, 4.69) is 20.2 Å². The summed E-state index contributed by atoms with van der Waals surface area (Å²) < 4.78 is 8.79. The predicted molar refractivity (Wildman–Crippen MR) is 119 cm³/mol. The fourth-order valence-electron chi connectivity index (χ4n) is 3.32. The average Bonchev–Trinajstić information content (AvgIpc) is 3.32. The molecule has 0 amide bonds. The van der Waals surface area contributed by atoms with Gasteiger partial charge in [0.15, 0.2) is 11.6 Å². The molecule has 3 heterocycles. The summed E-state index contributed by atoms with van der Waals surface area (Å²) in [6.07, 6.45) is 8.41. The van der Waals surface area contributed by atoms with Crippen LogP contribution in [-0.4, -0.2) is 47.8 Å². The first kappa shape index (κ1) is 21.4. The third kappa shape index (κ3) is 4.57. The van der Waals surface area contributed by atoms with Gasteiger partial charge in [0.25, 0.3) is 0 Å². The zero-order chi connectivity index (χ0) is 22.5. The highest BCUT2D eigenvalue weighted by atomic mass is 16.5. The van der Waals surface area contributed by atoms with Crippen molar-refractivity contribution in [2.24, 2.45) is 0 Å². The van der Waals surface area contributed by atoms with Crippen molar-refractivity contribution >= 4 is 0 Å². The average molecular weight is 432 g/mol. The summed E-state index contributed by atoms with van der Waals surface area (Å²) in [5, 5.41) is 17.7. The Bertz CT molecular complexity index is 1250. The number of aliphatic hydroxyl groups is 1. The SMILES string of the molecule is CCn1cc(-n2ccc(=O)c(C(C)c3cccc(-c4ncc(OCCO)cn4)c3)n2)cn1. The Kier molecular flexibility index (Phi) is 6.37. The second-order valence-corrected chi connectivity index (χ2v) is 7.23. The Morgan fingerprint density at radius 3 is 2.69 bits per heavy atom. The van der Waals surface area contributed by atoms with Crippen LogP contribution in [0, 0.1) is 0 Å². The van der Waals surface area contributed by atoms with Crippen molar-refractivity contribution in [2.75, 3.05) is 13.2 Å². The lowest BCUT2D eigenvalue weighted by Crippen LogP contribution is -2.18. The van der Waals surface area contributed by atoms with Gasteiger partial charge in [-0.2, -0.15) is 10.2 Å². The van der Waals surface area contributed by atoms with E-state index < -0.39 is 0 Å². The maximum atomic E-state index is 12.6. The molecule has 0 saturated heterocycles. The third-order valence-electron chi connectivity index (χ3n) is 5.09. The number of hydrogen-bond acceptors (Lipinski definition) is 7. The molecule has 0 aliphatic heterocycles. The highest BCUT2D eigenvalue weighted by Crippen LogP contribution is 2.25. The normalized spacial score (nSPS) is 12.0. The molecule has 9 nitrogen and oxygen atoms in total. The van der Waals surface area contributed by atoms with Crippen LogP contribution in [0.2, 0.25) is 0 Å².